The highest BCUT2D eigenvalue weighted by atomic mass is 14.7. The number of pyridine rings is 1. The molecule has 0 amide bonds. The fraction of sp³-hybridized carbons (Fsp3) is 0.500. The fourth-order valence-electron chi connectivity index (χ4n) is 1.58. The van der Waals surface area contributed by atoms with Crippen molar-refractivity contribution in [1.82, 2.24) is 4.98 Å². The maximum Gasteiger partial charge on any atom is 0.0410 e. The van der Waals surface area contributed by atoms with Gasteiger partial charge in [-0.15, -0.1) is 0 Å². The van der Waals surface area contributed by atoms with Gasteiger partial charge in [-0.05, 0) is 44.4 Å². The predicted molar refractivity (Wildman–Crippen MR) is 47.8 cm³/mol. The van der Waals surface area contributed by atoms with Crippen molar-refractivity contribution in [3.05, 3.63) is 28.6 Å². The Kier molecular flexibility index (Phi) is 2.28. The minimum atomic E-state index is 1.09. The molecule has 1 rings (SSSR count). The highest BCUT2D eigenvalue weighted by Gasteiger charge is 2.01. The van der Waals surface area contributed by atoms with Gasteiger partial charge < -0.3 is 0 Å². The van der Waals surface area contributed by atoms with Gasteiger partial charge in [-0.25, -0.2) is 0 Å². The lowest BCUT2D eigenvalue weighted by Gasteiger charge is -2.06. The Balaban J connectivity index is 3.25. The van der Waals surface area contributed by atoms with E-state index in [-0.39, 0.29) is 0 Å². The van der Waals surface area contributed by atoms with E-state index in [0.717, 1.165) is 12.1 Å². The Hall–Kier alpha value is -0.850. The molecule has 0 bridgehead atoms. The molecule has 1 aromatic rings. The van der Waals surface area contributed by atoms with Crippen LogP contribution in [0.25, 0.3) is 0 Å². The predicted octanol–water partition coefficient (Wildman–Crippen LogP) is 2.57. The number of aryl methyl sites for hydroxylation is 3. The van der Waals surface area contributed by atoms with Crippen molar-refractivity contribution >= 4 is 0 Å². The van der Waals surface area contributed by atoms with E-state index in [1.165, 1.54) is 16.8 Å². The lowest BCUT2D eigenvalue weighted by Crippen LogP contribution is -1.96. The summed E-state index contributed by atoms with van der Waals surface area (Å²) in [4.78, 5) is 4.41. The normalized spacial score (nSPS) is 10.2. The molecule has 0 radical (unpaired) electrons. The molecule has 1 aromatic heterocycles. The maximum absolute atomic E-state index is 4.41. The minimum Gasteiger partial charge on any atom is -0.258 e. The summed E-state index contributed by atoms with van der Waals surface area (Å²) in [7, 11) is 0. The second-order valence-electron chi connectivity index (χ2n) is 3.00. The molecule has 0 atom stereocenters. The summed E-state index contributed by atoms with van der Waals surface area (Å²) < 4.78 is 0. The standard InChI is InChI=1S/C10H15N/c1-5-10-7(2)6-8(3)11-9(10)4/h6H,5H2,1-4H3. The van der Waals surface area contributed by atoms with E-state index in [4.69, 9.17) is 0 Å². The molecular formula is C10H15N. The highest BCUT2D eigenvalue weighted by Crippen LogP contribution is 2.12. The molecule has 0 N–H and O–H groups in total. The molecule has 0 aliphatic carbocycles. The number of nitrogens with zero attached hydrogens (tertiary/aromatic N) is 1. The van der Waals surface area contributed by atoms with Crippen LogP contribution >= 0.6 is 0 Å². The van der Waals surface area contributed by atoms with Crippen LogP contribution in [-0.4, -0.2) is 4.98 Å². The molecule has 0 saturated carbocycles. The van der Waals surface area contributed by atoms with Gasteiger partial charge in [-0.3, -0.25) is 4.98 Å². The third-order valence-electron chi connectivity index (χ3n) is 2.04. The Labute approximate surface area is 68.5 Å². The topological polar surface area (TPSA) is 12.9 Å². The van der Waals surface area contributed by atoms with Crippen molar-refractivity contribution in [1.29, 1.82) is 0 Å². The van der Waals surface area contributed by atoms with Gasteiger partial charge in [0.2, 0.25) is 0 Å². The Bertz CT molecular complexity index is 241. The molecule has 0 aliphatic rings. The number of rotatable bonds is 1. The van der Waals surface area contributed by atoms with Crippen molar-refractivity contribution in [3.63, 3.8) is 0 Å². The van der Waals surface area contributed by atoms with Crippen molar-refractivity contribution in [2.75, 3.05) is 0 Å². The van der Waals surface area contributed by atoms with Crippen LogP contribution in [0, 0.1) is 20.8 Å². The molecule has 60 valence electrons. The number of aromatic nitrogens is 1. The molecule has 0 saturated heterocycles. The second-order valence-corrected chi connectivity index (χ2v) is 3.00. The van der Waals surface area contributed by atoms with Gasteiger partial charge >= 0.3 is 0 Å². The Morgan fingerprint density at radius 3 is 2.36 bits per heavy atom. The largest absolute Gasteiger partial charge is 0.258 e. The van der Waals surface area contributed by atoms with Crippen LogP contribution in [0.3, 0.4) is 0 Å². The number of hydrogen-bond donors (Lipinski definition) is 0. The van der Waals surface area contributed by atoms with Gasteiger partial charge in [0.25, 0.3) is 0 Å². The molecule has 0 aliphatic heterocycles. The van der Waals surface area contributed by atoms with Crippen molar-refractivity contribution in [2.24, 2.45) is 0 Å². The first-order valence-corrected chi connectivity index (χ1v) is 4.09. The number of hydrogen-bond acceptors (Lipinski definition) is 1. The van der Waals surface area contributed by atoms with E-state index in [9.17, 15) is 0 Å². The van der Waals surface area contributed by atoms with Crippen LogP contribution in [0.2, 0.25) is 0 Å². The van der Waals surface area contributed by atoms with E-state index in [1.54, 1.807) is 0 Å². The molecule has 0 fully saturated rings. The lowest BCUT2D eigenvalue weighted by molar-refractivity contribution is 0.997. The first-order chi connectivity index (χ1) is 5.15. The zero-order valence-electron chi connectivity index (χ0n) is 7.73. The summed E-state index contributed by atoms with van der Waals surface area (Å²) in [5, 5.41) is 0. The third-order valence-corrected chi connectivity index (χ3v) is 2.04. The zero-order chi connectivity index (χ0) is 8.43. The Morgan fingerprint density at radius 2 is 1.91 bits per heavy atom. The van der Waals surface area contributed by atoms with Gasteiger partial charge in [0.05, 0.1) is 0 Å². The SMILES string of the molecule is CCc1c(C)cc(C)nc1C. The van der Waals surface area contributed by atoms with E-state index in [1.807, 2.05) is 6.92 Å². The van der Waals surface area contributed by atoms with Crippen molar-refractivity contribution in [2.45, 2.75) is 34.1 Å². The third kappa shape index (κ3) is 1.59. The quantitative estimate of drug-likeness (QED) is 0.598. The van der Waals surface area contributed by atoms with Gasteiger partial charge in [0.1, 0.15) is 0 Å². The average Bonchev–Trinajstić information content (AvgIpc) is 1.85. The summed E-state index contributed by atoms with van der Waals surface area (Å²) in [5.41, 5.74) is 5.08. The average molecular weight is 149 g/mol. The minimum absolute atomic E-state index is 1.09. The summed E-state index contributed by atoms with van der Waals surface area (Å²) in [6.45, 7) is 8.45. The second kappa shape index (κ2) is 3.04. The zero-order valence-corrected chi connectivity index (χ0v) is 7.73. The molecule has 1 heterocycles. The van der Waals surface area contributed by atoms with Gasteiger partial charge in [0.15, 0.2) is 0 Å². The molecular weight excluding hydrogens is 134 g/mol. The molecule has 0 unspecified atom stereocenters. The first-order valence-electron chi connectivity index (χ1n) is 4.09. The van der Waals surface area contributed by atoms with E-state index < -0.39 is 0 Å². The molecule has 0 spiro atoms. The van der Waals surface area contributed by atoms with Crippen LogP contribution in [0.4, 0.5) is 0 Å². The van der Waals surface area contributed by atoms with Gasteiger partial charge in [0, 0.05) is 11.4 Å². The van der Waals surface area contributed by atoms with Gasteiger partial charge in [-0.1, -0.05) is 6.92 Å². The van der Waals surface area contributed by atoms with E-state index in [2.05, 4.69) is 31.8 Å². The smallest absolute Gasteiger partial charge is 0.0410 e. The monoisotopic (exact) mass is 149 g/mol. The van der Waals surface area contributed by atoms with Crippen LogP contribution in [0.15, 0.2) is 6.07 Å². The van der Waals surface area contributed by atoms with Crippen LogP contribution in [0.5, 0.6) is 0 Å². The lowest BCUT2D eigenvalue weighted by atomic mass is 10.1. The van der Waals surface area contributed by atoms with Crippen molar-refractivity contribution < 1.29 is 0 Å². The highest BCUT2D eigenvalue weighted by molar-refractivity contribution is 5.30. The molecule has 0 aromatic carbocycles. The van der Waals surface area contributed by atoms with Crippen molar-refractivity contribution in [3.8, 4) is 0 Å². The summed E-state index contributed by atoms with van der Waals surface area (Å²) in [5.74, 6) is 0. The van der Waals surface area contributed by atoms with Crippen LogP contribution < -0.4 is 0 Å². The molecule has 11 heavy (non-hydrogen) atoms. The van der Waals surface area contributed by atoms with E-state index >= 15 is 0 Å². The molecule has 1 nitrogen and oxygen atoms in total. The van der Waals surface area contributed by atoms with E-state index in [0.29, 0.717) is 0 Å². The summed E-state index contributed by atoms with van der Waals surface area (Å²) >= 11 is 0. The fourth-order valence-corrected chi connectivity index (χ4v) is 1.58. The Morgan fingerprint density at radius 1 is 1.27 bits per heavy atom. The first kappa shape index (κ1) is 8.25. The molecule has 1 heteroatoms. The summed E-state index contributed by atoms with van der Waals surface area (Å²) in [6, 6.07) is 2.14. The summed E-state index contributed by atoms with van der Waals surface area (Å²) in [6.07, 6.45) is 1.09. The van der Waals surface area contributed by atoms with Gasteiger partial charge in [-0.2, -0.15) is 0 Å². The van der Waals surface area contributed by atoms with Crippen LogP contribution in [0.1, 0.15) is 29.4 Å². The maximum atomic E-state index is 4.41. The van der Waals surface area contributed by atoms with Crippen LogP contribution in [-0.2, 0) is 6.42 Å².